The molecule has 0 fully saturated rings. The van der Waals surface area contributed by atoms with Crippen LogP contribution < -0.4 is 4.52 Å². The van der Waals surface area contributed by atoms with E-state index in [9.17, 15) is 9.46 Å². The Kier molecular flexibility index (Phi) is 3.08. The van der Waals surface area contributed by atoms with Gasteiger partial charge in [0.05, 0.1) is 5.92 Å². The van der Waals surface area contributed by atoms with Crippen molar-refractivity contribution in [3.63, 3.8) is 0 Å². The molecule has 1 N–H and O–H groups in total. The molecule has 0 bridgehead atoms. The minimum absolute atomic E-state index is 0.0382. The van der Waals surface area contributed by atoms with Crippen molar-refractivity contribution in [3.8, 4) is 5.75 Å². The van der Waals surface area contributed by atoms with Gasteiger partial charge in [-0.25, -0.2) is 4.57 Å². The third-order valence-electron chi connectivity index (χ3n) is 4.88. The Morgan fingerprint density at radius 3 is 2.80 bits per heavy atom. The third-order valence-corrected chi connectivity index (χ3v) is 5.75. The van der Waals surface area contributed by atoms with E-state index in [2.05, 4.69) is 12.2 Å². The fraction of sp³-hybridized carbons (Fsp3) is 0.100. The van der Waals surface area contributed by atoms with Gasteiger partial charge < -0.3 is 9.05 Å². The highest BCUT2D eigenvalue weighted by Gasteiger charge is 2.42. The number of phosphoric acid groups is 1. The molecule has 5 rings (SSSR count). The van der Waals surface area contributed by atoms with Gasteiger partial charge in [-0.2, -0.15) is 0 Å². The summed E-state index contributed by atoms with van der Waals surface area (Å²) in [5, 5.41) is 2.07. The lowest BCUT2D eigenvalue weighted by atomic mass is 9.74. The van der Waals surface area contributed by atoms with Crippen LogP contribution in [0.5, 0.6) is 5.75 Å². The van der Waals surface area contributed by atoms with Gasteiger partial charge in [0.15, 0.2) is 0 Å². The van der Waals surface area contributed by atoms with Crippen LogP contribution in [0.2, 0.25) is 0 Å². The van der Waals surface area contributed by atoms with Gasteiger partial charge in [0.25, 0.3) is 0 Å². The van der Waals surface area contributed by atoms with E-state index in [1.165, 1.54) is 0 Å². The van der Waals surface area contributed by atoms with Crippen LogP contribution in [0.15, 0.2) is 84.2 Å². The fourth-order valence-corrected chi connectivity index (χ4v) is 4.75. The van der Waals surface area contributed by atoms with Crippen molar-refractivity contribution in [2.75, 3.05) is 0 Å². The minimum atomic E-state index is -4.22. The molecule has 0 aromatic heterocycles. The molecule has 0 radical (unpaired) electrons. The zero-order valence-corrected chi connectivity index (χ0v) is 14.1. The van der Waals surface area contributed by atoms with Crippen LogP contribution >= 0.6 is 7.82 Å². The van der Waals surface area contributed by atoms with Crippen molar-refractivity contribution < 1.29 is 18.5 Å². The summed E-state index contributed by atoms with van der Waals surface area (Å²) in [7, 11) is -4.22. The Morgan fingerprint density at radius 2 is 1.88 bits per heavy atom. The first-order chi connectivity index (χ1) is 12.1. The van der Waals surface area contributed by atoms with E-state index in [0.29, 0.717) is 11.5 Å². The SMILES string of the molecule is O=P1(O)OC2=CC=C3C=CC=CC3C2c2c(ccc3ccccc23)O1. The molecule has 1 heterocycles. The van der Waals surface area contributed by atoms with E-state index < -0.39 is 7.82 Å². The van der Waals surface area contributed by atoms with Gasteiger partial charge in [0.1, 0.15) is 11.5 Å². The molecule has 2 aromatic carbocycles. The summed E-state index contributed by atoms with van der Waals surface area (Å²) in [5.74, 6) is 0.707. The quantitative estimate of drug-likeness (QED) is 0.680. The van der Waals surface area contributed by atoms with Crippen molar-refractivity contribution in [1.29, 1.82) is 0 Å². The van der Waals surface area contributed by atoms with Crippen LogP contribution in [0.4, 0.5) is 0 Å². The lowest BCUT2D eigenvalue weighted by Gasteiger charge is -2.31. The summed E-state index contributed by atoms with van der Waals surface area (Å²) in [6, 6.07) is 11.6. The third kappa shape index (κ3) is 2.30. The number of hydrogen-bond acceptors (Lipinski definition) is 3. The van der Waals surface area contributed by atoms with Gasteiger partial charge >= 0.3 is 7.82 Å². The Hall–Kier alpha value is -2.55. The van der Waals surface area contributed by atoms with E-state index in [0.717, 1.165) is 21.9 Å². The molecule has 4 nitrogen and oxygen atoms in total. The standard InChI is InChI=1S/C20H15O4P/c21-25(22)23-17-11-9-13-5-1-3-7-15(13)19(17)20-16-8-4-2-6-14(16)10-12-18(20)24-25/h1-12,15,19H,(H,21,22). The number of allylic oxidation sites excluding steroid dienone is 8. The molecule has 0 spiro atoms. The molecule has 3 atom stereocenters. The molecule has 5 heteroatoms. The first kappa shape index (κ1) is 14.8. The van der Waals surface area contributed by atoms with Gasteiger partial charge in [-0.15, -0.1) is 0 Å². The van der Waals surface area contributed by atoms with E-state index in [1.807, 2.05) is 48.6 Å². The molecule has 2 aliphatic carbocycles. The summed E-state index contributed by atoms with van der Waals surface area (Å²) in [6.45, 7) is 0. The lowest BCUT2D eigenvalue weighted by molar-refractivity contribution is 0.244. The predicted molar refractivity (Wildman–Crippen MR) is 96.2 cm³/mol. The Bertz CT molecular complexity index is 1060. The average molecular weight is 350 g/mol. The van der Waals surface area contributed by atoms with Gasteiger partial charge in [-0.3, -0.25) is 4.89 Å². The van der Waals surface area contributed by atoms with Crippen molar-refractivity contribution in [2.45, 2.75) is 5.92 Å². The molecule has 25 heavy (non-hydrogen) atoms. The zero-order valence-electron chi connectivity index (χ0n) is 13.2. The number of hydrogen-bond donors (Lipinski definition) is 1. The lowest BCUT2D eigenvalue weighted by Crippen LogP contribution is -2.19. The number of benzene rings is 2. The molecule has 2 aromatic rings. The molecule has 1 aliphatic heterocycles. The predicted octanol–water partition coefficient (Wildman–Crippen LogP) is 5.00. The van der Waals surface area contributed by atoms with Gasteiger partial charge in [-0.05, 0) is 28.5 Å². The first-order valence-electron chi connectivity index (χ1n) is 8.13. The van der Waals surface area contributed by atoms with Crippen molar-refractivity contribution in [3.05, 3.63) is 89.8 Å². The Balaban J connectivity index is 1.84. The summed E-state index contributed by atoms with van der Waals surface area (Å²) in [4.78, 5) is 10.1. The van der Waals surface area contributed by atoms with Gasteiger partial charge in [-0.1, -0.05) is 60.7 Å². The maximum absolute atomic E-state index is 12.4. The van der Waals surface area contributed by atoms with E-state index in [-0.39, 0.29) is 11.8 Å². The summed E-state index contributed by atoms with van der Waals surface area (Å²) in [5.41, 5.74) is 2.04. The van der Waals surface area contributed by atoms with Crippen LogP contribution in [0.25, 0.3) is 10.8 Å². The maximum atomic E-state index is 12.4. The second kappa shape index (κ2) is 5.22. The maximum Gasteiger partial charge on any atom is 0.584 e. The number of rotatable bonds is 0. The molecule has 0 saturated heterocycles. The van der Waals surface area contributed by atoms with Gasteiger partial charge in [0, 0.05) is 11.5 Å². The first-order valence-corrected chi connectivity index (χ1v) is 9.62. The second-order valence-corrected chi connectivity index (χ2v) is 7.64. The van der Waals surface area contributed by atoms with Crippen LogP contribution in [-0.4, -0.2) is 4.89 Å². The molecular weight excluding hydrogens is 335 g/mol. The van der Waals surface area contributed by atoms with Crippen molar-refractivity contribution >= 4 is 18.6 Å². The highest BCUT2D eigenvalue weighted by Crippen LogP contribution is 2.58. The van der Waals surface area contributed by atoms with E-state index in [1.54, 1.807) is 12.1 Å². The molecule has 0 amide bonds. The van der Waals surface area contributed by atoms with E-state index in [4.69, 9.17) is 9.05 Å². The number of phosphoric ester groups is 1. The largest absolute Gasteiger partial charge is 0.584 e. The topological polar surface area (TPSA) is 55.8 Å². The monoisotopic (exact) mass is 350 g/mol. The summed E-state index contributed by atoms with van der Waals surface area (Å²) >= 11 is 0. The van der Waals surface area contributed by atoms with Crippen LogP contribution in [-0.2, 0) is 9.09 Å². The Morgan fingerprint density at radius 1 is 1.00 bits per heavy atom. The smallest absolute Gasteiger partial charge is 0.399 e. The molecule has 3 unspecified atom stereocenters. The van der Waals surface area contributed by atoms with E-state index >= 15 is 0 Å². The van der Waals surface area contributed by atoms with Crippen molar-refractivity contribution in [2.24, 2.45) is 5.92 Å². The van der Waals surface area contributed by atoms with Crippen LogP contribution in [0, 0.1) is 5.92 Å². The second-order valence-electron chi connectivity index (χ2n) is 6.33. The normalized spacial score (nSPS) is 29.3. The van der Waals surface area contributed by atoms with Crippen LogP contribution in [0.3, 0.4) is 0 Å². The fourth-order valence-electron chi connectivity index (χ4n) is 3.86. The molecular formula is C20H15O4P. The van der Waals surface area contributed by atoms with Crippen molar-refractivity contribution in [1.82, 2.24) is 0 Å². The Labute approximate surface area is 145 Å². The minimum Gasteiger partial charge on any atom is -0.399 e. The molecule has 124 valence electrons. The summed E-state index contributed by atoms with van der Waals surface area (Å²) in [6.07, 6.45) is 11.9. The van der Waals surface area contributed by atoms with Gasteiger partial charge in [0.2, 0.25) is 0 Å². The number of fused-ring (bicyclic) bond motifs is 7. The average Bonchev–Trinajstić information content (AvgIpc) is 2.73. The molecule has 3 aliphatic rings. The van der Waals surface area contributed by atoms with Crippen LogP contribution in [0.1, 0.15) is 11.5 Å². The zero-order chi connectivity index (χ0) is 17.0. The summed E-state index contributed by atoms with van der Waals surface area (Å²) < 4.78 is 23.2. The highest BCUT2D eigenvalue weighted by atomic mass is 31.2. The highest BCUT2D eigenvalue weighted by molar-refractivity contribution is 7.48. The molecule has 0 saturated carbocycles.